The molecule has 0 saturated carbocycles. The van der Waals surface area contributed by atoms with Gasteiger partial charge in [-0.15, -0.1) is 0 Å². The summed E-state index contributed by atoms with van der Waals surface area (Å²) in [5, 5.41) is 3.64. The van der Waals surface area contributed by atoms with Crippen LogP contribution in [0.3, 0.4) is 0 Å². The van der Waals surface area contributed by atoms with E-state index in [1.54, 1.807) is 6.07 Å². The first-order valence-electron chi connectivity index (χ1n) is 7.72. The number of carbonyl (C=O) groups excluding carboxylic acids is 1. The van der Waals surface area contributed by atoms with Gasteiger partial charge in [-0.2, -0.15) is 0 Å². The molecule has 0 fully saturated rings. The fraction of sp³-hybridized carbons (Fsp3) is 0.316. The first kappa shape index (κ1) is 17.4. The molecule has 0 aliphatic rings. The van der Waals surface area contributed by atoms with Crippen LogP contribution in [0.2, 0.25) is 5.02 Å². The number of amides is 1. The Morgan fingerprint density at radius 3 is 2.57 bits per heavy atom. The van der Waals surface area contributed by atoms with E-state index in [9.17, 15) is 4.79 Å². The fourth-order valence-electron chi connectivity index (χ4n) is 2.36. The quantitative estimate of drug-likeness (QED) is 0.751. The lowest BCUT2D eigenvalue weighted by atomic mass is 10.1. The molecule has 0 aliphatic heterocycles. The van der Waals surface area contributed by atoms with E-state index in [1.807, 2.05) is 45.0 Å². The lowest BCUT2D eigenvalue weighted by molar-refractivity contribution is -0.116. The van der Waals surface area contributed by atoms with Gasteiger partial charge in [0.05, 0.1) is 6.61 Å². The number of hydrogen-bond donors (Lipinski definition) is 1. The van der Waals surface area contributed by atoms with Crippen LogP contribution in [-0.2, 0) is 4.79 Å². The van der Waals surface area contributed by atoms with Gasteiger partial charge in [-0.05, 0) is 62.6 Å². The predicted octanol–water partition coefficient (Wildman–Crippen LogP) is 5.06. The number of anilines is 1. The summed E-state index contributed by atoms with van der Waals surface area (Å²) in [5.74, 6) is 0.817. The van der Waals surface area contributed by atoms with Crippen molar-refractivity contribution < 1.29 is 9.53 Å². The molecule has 2 aromatic carbocycles. The number of aryl methyl sites for hydroxylation is 3. The first-order chi connectivity index (χ1) is 11.0. The molecule has 0 aromatic heterocycles. The molecule has 23 heavy (non-hydrogen) atoms. The zero-order chi connectivity index (χ0) is 16.8. The van der Waals surface area contributed by atoms with E-state index in [0.29, 0.717) is 24.5 Å². The largest absolute Gasteiger partial charge is 0.493 e. The maximum Gasteiger partial charge on any atom is 0.224 e. The summed E-state index contributed by atoms with van der Waals surface area (Å²) in [6, 6.07) is 11.5. The summed E-state index contributed by atoms with van der Waals surface area (Å²) >= 11 is 5.91. The Bertz CT molecular complexity index is 698. The zero-order valence-electron chi connectivity index (χ0n) is 13.8. The topological polar surface area (TPSA) is 38.3 Å². The third-order valence-corrected chi connectivity index (χ3v) is 3.83. The molecule has 0 spiro atoms. The second-order valence-electron chi connectivity index (χ2n) is 5.73. The summed E-state index contributed by atoms with van der Waals surface area (Å²) < 4.78 is 5.69. The van der Waals surface area contributed by atoms with E-state index in [4.69, 9.17) is 16.3 Å². The molecule has 0 radical (unpaired) electrons. The van der Waals surface area contributed by atoms with Crippen LogP contribution in [0, 0.1) is 20.8 Å². The second-order valence-corrected chi connectivity index (χ2v) is 6.16. The van der Waals surface area contributed by atoms with Crippen molar-refractivity contribution >= 4 is 23.2 Å². The van der Waals surface area contributed by atoms with Gasteiger partial charge < -0.3 is 10.1 Å². The Labute approximate surface area is 142 Å². The minimum atomic E-state index is 0.00776. The van der Waals surface area contributed by atoms with Gasteiger partial charge in [0.1, 0.15) is 5.75 Å². The summed E-state index contributed by atoms with van der Waals surface area (Å²) in [7, 11) is 0. The van der Waals surface area contributed by atoms with E-state index < -0.39 is 0 Å². The van der Waals surface area contributed by atoms with Crippen LogP contribution >= 0.6 is 11.6 Å². The van der Waals surface area contributed by atoms with Gasteiger partial charge in [-0.3, -0.25) is 4.79 Å². The van der Waals surface area contributed by atoms with E-state index >= 15 is 0 Å². The second kappa shape index (κ2) is 8.02. The highest BCUT2D eigenvalue weighted by Crippen LogP contribution is 2.22. The normalized spacial score (nSPS) is 10.4. The highest BCUT2D eigenvalue weighted by Gasteiger charge is 2.06. The third-order valence-electron chi connectivity index (χ3n) is 3.60. The van der Waals surface area contributed by atoms with Crippen LogP contribution in [-0.4, -0.2) is 12.5 Å². The van der Waals surface area contributed by atoms with Gasteiger partial charge in [0, 0.05) is 17.1 Å². The van der Waals surface area contributed by atoms with Crippen LogP contribution in [0.15, 0.2) is 36.4 Å². The number of benzene rings is 2. The molecule has 0 saturated heterocycles. The molecule has 0 unspecified atom stereocenters. The molecule has 1 amide bonds. The predicted molar refractivity (Wildman–Crippen MR) is 95.5 cm³/mol. The van der Waals surface area contributed by atoms with Gasteiger partial charge in [0.25, 0.3) is 0 Å². The van der Waals surface area contributed by atoms with Crippen molar-refractivity contribution in [2.45, 2.75) is 33.6 Å². The van der Waals surface area contributed by atoms with Crippen molar-refractivity contribution in [3.63, 3.8) is 0 Å². The summed E-state index contributed by atoms with van der Waals surface area (Å²) in [6.07, 6.45) is 1.10. The zero-order valence-corrected chi connectivity index (χ0v) is 14.5. The molecule has 0 atom stereocenters. The minimum absolute atomic E-state index is 0.00776. The number of nitrogens with one attached hydrogen (secondary N) is 1. The van der Waals surface area contributed by atoms with Crippen molar-refractivity contribution in [3.8, 4) is 5.75 Å². The Morgan fingerprint density at radius 2 is 1.87 bits per heavy atom. The van der Waals surface area contributed by atoms with E-state index in [1.165, 1.54) is 5.56 Å². The SMILES string of the molecule is Cc1ccc(NC(=O)CCCOc2ccc(Cl)cc2C)c(C)c1. The standard InChI is InChI=1S/C19H22ClNO2/c1-13-6-8-17(14(2)11-13)21-19(22)5-4-10-23-18-9-7-16(20)12-15(18)3/h6-9,11-12H,4-5,10H2,1-3H3,(H,21,22). The third kappa shape index (κ3) is 5.29. The van der Waals surface area contributed by atoms with Crippen LogP contribution in [0.25, 0.3) is 0 Å². The molecular formula is C19H22ClNO2. The van der Waals surface area contributed by atoms with Crippen LogP contribution < -0.4 is 10.1 Å². The average molecular weight is 332 g/mol. The monoisotopic (exact) mass is 331 g/mol. The molecule has 3 nitrogen and oxygen atoms in total. The van der Waals surface area contributed by atoms with Gasteiger partial charge >= 0.3 is 0 Å². The molecule has 0 bridgehead atoms. The van der Waals surface area contributed by atoms with E-state index in [-0.39, 0.29) is 5.91 Å². The number of carbonyl (C=O) groups is 1. The number of rotatable bonds is 6. The molecular weight excluding hydrogens is 310 g/mol. The smallest absolute Gasteiger partial charge is 0.224 e. The summed E-state index contributed by atoms with van der Waals surface area (Å²) in [6.45, 7) is 6.49. The Kier molecular flexibility index (Phi) is 6.05. The van der Waals surface area contributed by atoms with Gasteiger partial charge in [-0.25, -0.2) is 0 Å². The molecule has 0 heterocycles. The van der Waals surface area contributed by atoms with Crippen molar-refractivity contribution in [3.05, 3.63) is 58.1 Å². The number of hydrogen-bond acceptors (Lipinski definition) is 2. The summed E-state index contributed by atoms with van der Waals surface area (Å²) in [5.41, 5.74) is 4.13. The van der Waals surface area contributed by atoms with Gasteiger partial charge in [0.15, 0.2) is 0 Å². The molecule has 0 aliphatic carbocycles. The maximum atomic E-state index is 12.0. The van der Waals surface area contributed by atoms with Crippen LogP contribution in [0.4, 0.5) is 5.69 Å². The highest BCUT2D eigenvalue weighted by molar-refractivity contribution is 6.30. The van der Waals surface area contributed by atoms with Gasteiger partial charge in [-0.1, -0.05) is 29.3 Å². The van der Waals surface area contributed by atoms with Crippen molar-refractivity contribution in [2.75, 3.05) is 11.9 Å². The van der Waals surface area contributed by atoms with Crippen LogP contribution in [0.1, 0.15) is 29.5 Å². The molecule has 122 valence electrons. The Balaban J connectivity index is 1.76. The van der Waals surface area contributed by atoms with Gasteiger partial charge in [0.2, 0.25) is 5.91 Å². The number of halogens is 1. The highest BCUT2D eigenvalue weighted by atomic mass is 35.5. The maximum absolute atomic E-state index is 12.0. The van der Waals surface area contributed by atoms with Crippen molar-refractivity contribution in [2.24, 2.45) is 0 Å². The average Bonchev–Trinajstić information content (AvgIpc) is 2.48. The van der Waals surface area contributed by atoms with E-state index in [2.05, 4.69) is 11.4 Å². The molecule has 2 aromatic rings. The van der Waals surface area contributed by atoms with Crippen molar-refractivity contribution in [1.82, 2.24) is 0 Å². The number of ether oxygens (including phenoxy) is 1. The Hall–Kier alpha value is -2.00. The molecule has 2 rings (SSSR count). The molecule has 4 heteroatoms. The Morgan fingerprint density at radius 1 is 1.09 bits per heavy atom. The fourth-order valence-corrected chi connectivity index (χ4v) is 2.58. The summed E-state index contributed by atoms with van der Waals surface area (Å²) in [4.78, 5) is 12.0. The lowest BCUT2D eigenvalue weighted by Gasteiger charge is -2.11. The van der Waals surface area contributed by atoms with Crippen LogP contribution in [0.5, 0.6) is 5.75 Å². The first-order valence-corrected chi connectivity index (χ1v) is 8.09. The minimum Gasteiger partial charge on any atom is -0.493 e. The van der Waals surface area contributed by atoms with E-state index in [0.717, 1.165) is 22.6 Å². The molecule has 1 N–H and O–H groups in total. The lowest BCUT2D eigenvalue weighted by Crippen LogP contribution is -2.13. The van der Waals surface area contributed by atoms with Crippen molar-refractivity contribution in [1.29, 1.82) is 0 Å².